The zero-order valence-electron chi connectivity index (χ0n) is 15.8. The van der Waals surface area contributed by atoms with Crippen LogP contribution in [0.25, 0.3) is 10.8 Å². The van der Waals surface area contributed by atoms with Gasteiger partial charge in [0.1, 0.15) is 0 Å². The number of hydrogen-bond donors (Lipinski definition) is 0. The van der Waals surface area contributed by atoms with Gasteiger partial charge < -0.3 is 4.74 Å². The highest BCUT2D eigenvalue weighted by Gasteiger charge is 2.63. The predicted molar refractivity (Wildman–Crippen MR) is 108 cm³/mol. The minimum absolute atomic E-state index is 0.391. The normalized spacial score (nSPS) is 24.0. The number of esters is 1. The molecule has 146 valence electrons. The molecular formula is C25H16O5. The molecule has 4 aromatic carbocycles. The highest BCUT2D eigenvalue weighted by Crippen LogP contribution is 2.57. The second-order valence-corrected chi connectivity index (χ2v) is 7.27. The van der Waals surface area contributed by atoms with Gasteiger partial charge in [0.05, 0.1) is 11.1 Å². The zero-order chi connectivity index (χ0) is 20.2. The molecule has 2 heterocycles. The molecule has 2 bridgehead atoms. The molecule has 6 rings (SSSR count). The summed E-state index contributed by atoms with van der Waals surface area (Å²) >= 11 is 0. The van der Waals surface area contributed by atoms with Crippen LogP contribution in [-0.4, -0.2) is 5.97 Å². The highest BCUT2D eigenvalue weighted by atomic mass is 17.3. The van der Waals surface area contributed by atoms with E-state index in [1.807, 2.05) is 72.8 Å². The van der Waals surface area contributed by atoms with Crippen LogP contribution in [0.3, 0.4) is 0 Å². The topological polar surface area (TPSA) is 54.0 Å². The monoisotopic (exact) mass is 396 g/mol. The molecule has 5 nitrogen and oxygen atoms in total. The summed E-state index contributed by atoms with van der Waals surface area (Å²) in [4.78, 5) is 24.5. The van der Waals surface area contributed by atoms with E-state index in [1.165, 1.54) is 0 Å². The first-order chi connectivity index (χ1) is 14.7. The van der Waals surface area contributed by atoms with Gasteiger partial charge in [0.15, 0.2) is 0 Å². The van der Waals surface area contributed by atoms with E-state index in [0.717, 1.165) is 21.9 Å². The molecular weight excluding hydrogens is 380 g/mol. The molecule has 5 heteroatoms. The maximum Gasteiger partial charge on any atom is 0.389 e. The number of benzene rings is 4. The molecule has 4 aromatic rings. The van der Waals surface area contributed by atoms with Gasteiger partial charge >= 0.3 is 11.9 Å². The van der Waals surface area contributed by atoms with Crippen LogP contribution in [0.15, 0.2) is 97.1 Å². The van der Waals surface area contributed by atoms with E-state index >= 15 is 0 Å². The highest BCUT2D eigenvalue weighted by molar-refractivity contribution is 5.93. The van der Waals surface area contributed by atoms with Gasteiger partial charge in [-0.05, 0) is 23.6 Å². The van der Waals surface area contributed by atoms with Gasteiger partial charge in [-0.3, -0.25) is 4.74 Å². The molecule has 0 spiro atoms. The zero-order valence-corrected chi connectivity index (χ0v) is 15.8. The summed E-state index contributed by atoms with van der Waals surface area (Å²) in [6, 6.07) is 29.8. The summed E-state index contributed by atoms with van der Waals surface area (Å²) < 4.78 is 12.2. The van der Waals surface area contributed by atoms with Crippen molar-refractivity contribution in [1.29, 1.82) is 0 Å². The molecule has 30 heavy (non-hydrogen) atoms. The van der Waals surface area contributed by atoms with E-state index in [1.54, 1.807) is 24.3 Å². The van der Waals surface area contributed by atoms with Crippen LogP contribution in [0, 0.1) is 0 Å². The molecule has 0 saturated carbocycles. The molecule has 2 aliphatic rings. The first-order valence-corrected chi connectivity index (χ1v) is 9.65. The Kier molecular flexibility index (Phi) is 3.61. The van der Waals surface area contributed by atoms with Gasteiger partial charge in [-0.2, -0.15) is 9.78 Å². The van der Waals surface area contributed by atoms with Crippen LogP contribution in [0.4, 0.5) is 0 Å². The molecule has 2 atom stereocenters. The molecule has 0 aliphatic carbocycles. The molecule has 0 aromatic heterocycles. The Morgan fingerprint density at radius 1 is 0.700 bits per heavy atom. The van der Waals surface area contributed by atoms with Gasteiger partial charge in [-0.25, -0.2) is 4.79 Å². The molecule has 2 unspecified atom stereocenters. The first-order valence-electron chi connectivity index (χ1n) is 9.65. The quantitative estimate of drug-likeness (QED) is 0.360. The number of ether oxygens (including phenoxy) is 2. The van der Waals surface area contributed by atoms with E-state index in [2.05, 4.69) is 0 Å². The van der Waals surface area contributed by atoms with Crippen molar-refractivity contribution in [2.75, 3.05) is 0 Å². The lowest BCUT2D eigenvalue weighted by Crippen LogP contribution is -2.41. The summed E-state index contributed by atoms with van der Waals surface area (Å²) in [7, 11) is 0. The fraction of sp³-hybridized carbons (Fsp3) is 0.0800. The fourth-order valence-corrected chi connectivity index (χ4v) is 4.18. The molecule has 0 N–H and O–H groups in total. The maximum absolute atomic E-state index is 12.9. The smallest absolute Gasteiger partial charge is 0.389 e. The Morgan fingerprint density at radius 3 is 2.10 bits per heavy atom. The lowest BCUT2D eigenvalue weighted by atomic mass is 9.87. The van der Waals surface area contributed by atoms with Crippen LogP contribution >= 0.6 is 0 Å². The second-order valence-electron chi connectivity index (χ2n) is 7.27. The lowest BCUT2D eigenvalue weighted by Gasteiger charge is -2.35. The van der Waals surface area contributed by atoms with Crippen molar-refractivity contribution in [3.05, 3.63) is 119 Å². The average molecular weight is 396 g/mol. The van der Waals surface area contributed by atoms with Crippen molar-refractivity contribution >= 4 is 16.7 Å². The van der Waals surface area contributed by atoms with E-state index in [9.17, 15) is 4.79 Å². The fourth-order valence-electron chi connectivity index (χ4n) is 4.18. The minimum atomic E-state index is -1.82. The number of carbonyl (C=O) groups is 1. The molecule has 0 radical (unpaired) electrons. The van der Waals surface area contributed by atoms with Gasteiger partial charge in [-0.15, -0.1) is 0 Å². The molecule has 1 saturated heterocycles. The Bertz CT molecular complexity index is 1270. The van der Waals surface area contributed by atoms with Crippen LogP contribution in [0.1, 0.15) is 27.0 Å². The summed E-state index contributed by atoms with van der Waals surface area (Å²) in [5.41, 5.74) is 2.52. The third-order valence-electron chi connectivity index (χ3n) is 5.53. The summed E-state index contributed by atoms with van der Waals surface area (Å²) in [5, 5.41) is 1.86. The standard InChI is InChI=1S/C25H16O5/c26-23(18-9-3-1-4-10-18)27-25-21-16-8-12-17-11-7-15-20(22(17)21)24(28-25,29-30-25)19-13-5-2-6-14-19/h1-16H. The van der Waals surface area contributed by atoms with Crippen LogP contribution in [0.5, 0.6) is 0 Å². The van der Waals surface area contributed by atoms with Crippen LogP contribution in [0.2, 0.25) is 0 Å². The van der Waals surface area contributed by atoms with E-state index in [0.29, 0.717) is 11.1 Å². The minimum Gasteiger partial charge on any atom is -0.398 e. The predicted octanol–water partition coefficient (Wildman–Crippen LogP) is 5.00. The van der Waals surface area contributed by atoms with Gasteiger partial charge in [0.2, 0.25) is 0 Å². The van der Waals surface area contributed by atoms with Gasteiger partial charge in [0.25, 0.3) is 5.79 Å². The maximum atomic E-state index is 12.9. The largest absolute Gasteiger partial charge is 0.398 e. The SMILES string of the molecule is O=C(OC12OOC(c3ccccc3)(O1)c1cccc3cccc2c13)c1ccccc1. The average Bonchev–Trinajstić information content (AvgIpc) is 3.16. The van der Waals surface area contributed by atoms with E-state index in [-0.39, 0.29) is 0 Å². The van der Waals surface area contributed by atoms with Crippen molar-refractivity contribution < 1.29 is 24.0 Å². The Balaban J connectivity index is 1.58. The first kappa shape index (κ1) is 17.4. The second kappa shape index (κ2) is 6.24. The van der Waals surface area contributed by atoms with Crippen LogP contribution in [-0.2, 0) is 31.0 Å². The Labute approximate surface area is 172 Å². The van der Waals surface area contributed by atoms with Crippen molar-refractivity contribution in [3.63, 3.8) is 0 Å². The number of hydrogen-bond acceptors (Lipinski definition) is 5. The van der Waals surface area contributed by atoms with Crippen molar-refractivity contribution in [3.8, 4) is 0 Å². The van der Waals surface area contributed by atoms with Crippen molar-refractivity contribution in [2.24, 2.45) is 0 Å². The number of fused-ring (bicyclic) bond motifs is 4. The lowest BCUT2D eigenvalue weighted by molar-refractivity contribution is -0.408. The van der Waals surface area contributed by atoms with Gasteiger partial charge in [-0.1, -0.05) is 78.9 Å². The van der Waals surface area contributed by atoms with E-state index in [4.69, 9.17) is 19.2 Å². The number of carbonyl (C=O) groups excluding carboxylic acids is 1. The van der Waals surface area contributed by atoms with E-state index < -0.39 is 17.7 Å². The van der Waals surface area contributed by atoms with Crippen molar-refractivity contribution in [2.45, 2.75) is 11.8 Å². The third kappa shape index (κ3) is 2.31. The molecule has 2 aliphatic heterocycles. The Morgan fingerprint density at radius 2 is 1.37 bits per heavy atom. The summed E-state index contributed by atoms with van der Waals surface area (Å²) in [6.45, 7) is 0. The third-order valence-corrected chi connectivity index (χ3v) is 5.53. The number of rotatable bonds is 3. The van der Waals surface area contributed by atoms with Gasteiger partial charge in [0, 0.05) is 16.5 Å². The molecule has 1 fully saturated rings. The summed E-state index contributed by atoms with van der Waals surface area (Å²) in [5.74, 6) is -3.75. The Hall–Kier alpha value is -3.51. The van der Waals surface area contributed by atoms with Crippen molar-refractivity contribution in [1.82, 2.24) is 0 Å². The molecule has 0 amide bonds. The van der Waals surface area contributed by atoms with Crippen LogP contribution < -0.4 is 0 Å². The summed E-state index contributed by atoms with van der Waals surface area (Å²) in [6.07, 6.45) is 0.